The molecule has 1 aromatic carbocycles. The van der Waals surface area contributed by atoms with E-state index in [1.54, 1.807) is 0 Å². The van der Waals surface area contributed by atoms with Crippen LogP contribution in [0.2, 0.25) is 0 Å². The van der Waals surface area contributed by atoms with Crippen LogP contribution in [0.25, 0.3) is 11.1 Å². The van der Waals surface area contributed by atoms with E-state index in [0.717, 1.165) is 0 Å². The highest BCUT2D eigenvalue weighted by Crippen LogP contribution is 2.37. The molecule has 19 heavy (non-hydrogen) atoms. The molecule has 2 rings (SSSR count). The lowest BCUT2D eigenvalue weighted by Crippen LogP contribution is -2.04. The van der Waals surface area contributed by atoms with Crippen LogP contribution in [0.3, 0.4) is 0 Å². The first-order valence-corrected chi connectivity index (χ1v) is 5.37. The minimum Gasteiger partial charge on any atom is -0.507 e. The molecule has 0 spiro atoms. The SMILES string of the molecule is COC(=O)c1cc(-c2cn[nH]c2N)c(O)cc1OC. The number of aromatic amines is 1. The number of aromatic nitrogens is 2. The zero-order valence-electron chi connectivity index (χ0n) is 10.4. The largest absolute Gasteiger partial charge is 0.507 e. The molecule has 7 nitrogen and oxygen atoms in total. The predicted molar refractivity (Wildman–Crippen MR) is 68.0 cm³/mol. The smallest absolute Gasteiger partial charge is 0.341 e. The van der Waals surface area contributed by atoms with Crippen LogP contribution in [0.5, 0.6) is 11.5 Å². The topological polar surface area (TPSA) is 110 Å². The summed E-state index contributed by atoms with van der Waals surface area (Å²) in [6, 6.07) is 2.77. The number of nitrogens with zero attached hydrogens (tertiary/aromatic N) is 1. The summed E-state index contributed by atoms with van der Waals surface area (Å²) in [7, 11) is 2.66. The van der Waals surface area contributed by atoms with E-state index >= 15 is 0 Å². The Kier molecular flexibility index (Phi) is 3.28. The van der Waals surface area contributed by atoms with Crippen molar-refractivity contribution in [3.8, 4) is 22.6 Å². The number of aromatic hydroxyl groups is 1. The average Bonchev–Trinajstić information content (AvgIpc) is 2.83. The quantitative estimate of drug-likeness (QED) is 0.717. The first kappa shape index (κ1) is 12.7. The highest BCUT2D eigenvalue weighted by atomic mass is 16.5. The number of phenols is 1. The summed E-state index contributed by atoms with van der Waals surface area (Å²) < 4.78 is 9.70. The molecule has 0 aliphatic rings. The van der Waals surface area contributed by atoms with E-state index < -0.39 is 5.97 Å². The van der Waals surface area contributed by atoms with Crippen LogP contribution in [0.1, 0.15) is 10.4 Å². The van der Waals surface area contributed by atoms with Gasteiger partial charge in [0.25, 0.3) is 0 Å². The number of esters is 1. The zero-order valence-corrected chi connectivity index (χ0v) is 10.4. The zero-order chi connectivity index (χ0) is 14.0. The number of carbonyl (C=O) groups excluding carboxylic acids is 1. The lowest BCUT2D eigenvalue weighted by molar-refractivity contribution is 0.0597. The molecule has 0 aliphatic heterocycles. The van der Waals surface area contributed by atoms with Crippen molar-refractivity contribution in [3.63, 3.8) is 0 Å². The van der Waals surface area contributed by atoms with Gasteiger partial charge in [-0.2, -0.15) is 5.10 Å². The minimum absolute atomic E-state index is 0.0717. The van der Waals surface area contributed by atoms with Gasteiger partial charge in [-0.05, 0) is 6.07 Å². The fraction of sp³-hybridized carbons (Fsp3) is 0.167. The molecule has 0 saturated heterocycles. The molecule has 0 bridgehead atoms. The van der Waals surface area contributed by atoms with Gasteiger partial charge in [-0.3, -0.25) is 5.10 Å². The molecule has 1 aromatic heterocycles. The molecule has 2 aromatic rings. The Morgan fingerprint density at radius 2 is 2.11 bits per heavy atom. The Bertz CT molecular complexity index is 621. The molecular weight excluding hydrogens is 250 g/mol. The molecule has 7 heteroatoms. The minimum atomic E-state index is -0.569. The number of hydrogen-bond acceptors (Lipinski definition) is 6. The van der Waals surface area contributed by atoms with Crippen LogP contribution in [-0.2, 0) is 4.74 Å². The molecule has 0 fully saturated rings. The lowest BCUT2D eigenvalue weighted by atomic mass is 10.0. The number of nitrogen functional groups attached to an aromatic ring is 1. The van der Waals surface area contributed by atoms with Crippen LogP contribution in [-0.4, -0.2) is 35.5 Å². The van der Waals surface area contributed by atoms with Crippen LogP contribution in [0, 0.1) is 0 Å². The Morgan fingerprint density at radius 1 is 1.37 bits per heavy atom. The summed E-state index contributed by atoms with van der Waals surface area (Å²) in [5.74, 6) is -0.135. The van der Waals surface area contributed by atoms with Gasteiger partial charge >= 0.3 is 5.97 Å². The number of carbonyl (C=O) groups is 1. The second-order valence-electron chi connectivity index (χ2n) is 3.76. The van der Waals surface area contributed by atoms with Crippen molar-refractivity contribution in [2.45, 2.75) is 0 Å². The van der Waals surface area contributed by atoms with E-state index in [-0.39, 0.29) is 22.9 Å². The van der Waals surface area contributed by atoms with Crippen LogP contribution >= 0.6 is 0 Å². The van der Waals surface area contributed by atoms with Gasteiger partial charge in [0.1, 0.15) is 22.9 Å². The van der Waals surface area contributed by atoms with Crippen molar-refractivity contribution in [3.05, 3.63) is 23.9 Å². The van der Waals surface area contributed by atoms with Gasteiger partial charge < -0.3 is 20.3 Å². The molecule has 0 radical (unpaired) electrons. The van der Waals surface area contributed by atoms with Crippen molar-refractivity contribution in [2.75, 3.05) is 20.0 Å². The van der Waals surface area contributed by atoms with Crippen LogP contribution in [0.4, 0.5) is 5.82 Å². The second-order valence-corrected chi connectivity index (χ2v) is 3.76. The molecule has 1 heterocycles. The molecule has 100 valence electrons. The number of nitrogens with two attached hydrogens (primary N) is 1. The summed E-state index contributed by atoms with van der Waals surface area (Å²) in [5, 5.41) is 16.3. The number of phenolic OH excluding ortho intramolecular Hbond substituents is 1. The first-order chi connectivity index (χ1) is 9.08. The third-order valence-corrected chi connectivity index (χ3v) is 2.68. The fourth-order valence-corrected chi connectivity index (χ4v) is 1.73. The van der Waals surface area contributed by atoms with E-state index in [4.69, 9.17) is 10.5 Å². The number of ether oxygens (including phenoxy) is 2. The fourth-order valence-electron chi connectivity index (χ4n) is 1.73. The maximum absolute atomic E-state index is 11.7. The summed E-state index contributed by atoms with van der Waals surface area (Å²) >= 11 is 0. The molecule has 0 unspecified atom stereocenters. The lowest BCUT2D eigenvalue weighted by Gasteiger charge is -2.11. The molecular formula is C12H13N3O4. The highest BCUT2D eigenvalue weighted by molar-refractivity contribution is 5.95. The third-order valence-electron chi connectivity index (χ3n) is 2.68. The number of benzene rings is 1. The number of nitrogens with one attached hydrogen (secondary N) is 1. The van der Waals surface area contributed by atoms with Crippen LogP contribution < -0.4 is 10.5 Å². The molecule has 0 atom stereocenters. The number of H-pyrrole nitrogens is 1. The van der Waals surface area contributed by atoms with Gasteiger partial charge in [0.2, 0.25) is 0 Å². The van der Waals surface area contributed by atoms with E-state index in [0.29, 0.717) is 11.1 Å². The van der Waals surface area contributed by atoms with Crippen molar-refractivity contribution >= 4 is 11.8 Å². The summed E-state index contributed by atoms with van der Waals surface area (Å²) in [4.78, 5) is 11.7. The van der Waals surface area contributed by atoms with E-state index in [2.05, 4.69) is 14.9 Å². The second kappa shape index (κ2) is 4.89. The highest BCUT2D eigenvalue weighted by Gasteiger charge is 2.19. The Morgan fingerprint density at radius 3 is 2.63 bits per heavy atom. The van der Waals surface area contributed by atoms with Gasteiger partial charge in [0.05, 0.1) is 20.4 Å². The number of methoxy groups -OCH3 is 2. The number of hydrogen-bond donors (Lipinski definition) is 3. The van der Waals surface area contributed by atoms with Crippen molar-refractivity contribution in [2.24, 2.45) is 0 Å². The summed E-state index contributed by atoms with van der Waals surface area (Å²) in [6.45, 7) is 0. The van der Waals surface area contributed by atoms with Crippen molar-refractivity contribution in [1.29, 1.82) is 0 Å². The van der Waals surface area contributed by atoms with E-state index in [9.17, 15) is 9.90 Å². The Labute approximate surface area is 109 Å². The van der Waals surface area contributed by atoms with Gasteiger partial charge in [0, 0.05) is 17.2 Å². The molecule has 4 N–H and O–H groups in total. The number of anilines is 1. The monoisotopic (exact) mass is 263 g/mol. The number of rotatable bonds is 3. The maximum Gasteiger partial charge on any atom is 0.341 e. The third kappa shape index (κ3) is 2.17. The standard InChI is InChI=1S/C12H13N3O4/c1-18-10-4-9(16)6(3-7(10)12(17)19-2)8-5-14-15-11(8)13/h3-5,16H,1-2H3,(H3,13,14,15). The van der Waals surface area contributed by atoms with E-state index in [1.165, 1.54) is 32.5 Å². The van der Waals surface area contributed by atoms with Gasteiger partial charge in [-0.15, -0.1) is 0 Å². The average molecular weight is 263 g/mol. The normalized spacial score (nSPS) is 10.2. The van der Waals surface area contributed by atoms with Gasteiger partial charge in [0.15, 0.2) is 0 Å². The summed E-state index contributed by atoms with van der Waals surface area (Å²) in [6.07, 6.45) is 1.46. The van der Waals surface area contributed by atoms with Crippen LogP contribution in [0.15, 0.2) is 18.3 Å². The molecule has 0 saturated carbocycles. The molecule has 0 aliphatic carbocycles. The van der Waals surface area contributed by atoms with Crippen molar-refractivity contribution < 1.29 is 19.4 Å². The maximum atomic E-state index is 11.7. The van der Waals surface area contributed by atoms with Gasteiger partial charge in [-0.25, -0.2) is 4.79 Å². The van der Waals surface area contributed by atoms with Crippen molar-refractivity contribution in [1.82, 2.24) is 10.2 Å². The molecule has 0 amide bonds. The Balaban J connectivity index is 2.63. The Hall–Kier alpha value is -2.70. The summed E-state index contributed by atoms with van der Waals surface area (Å²) in [5.41, 5.74) is 6.75. The first-order valence-electron chi connectivity index (χ1n) is 5.37. The van der Waals surface area contributed by atoms with Gasteiger partial charge in [-0.1, -0.05) is 0 Å². The predicted octanol–water partition coefficient (Wildman–Crippen LogP) is 1.16. The van der Waals surface area contributed by atoms with E-state index in [1.807, 2.05) is 0 Å².